The van der Waals surface area contributed by atoms with Gasteiger partial charge in [0.2, 0.25) is 0 Å². The first-order valence-corrected chi connectivity index (χ1v) is 7.52. The van der Waals surface area contributed by atoms with Crippen molar-refractivity contribution in [1.29, 1.82) is 0 Å². The molecule has 0 radical (unpaired) electrons. The lowest BCUT2D eigenvalue weighted by atomic mass is 9.93. The highest BCUT2D eigenvalue weighted by molar-refractivity contribution is 5.74. The molecule has 0 aliphatic heterocycles. The summed E-state index contributed by atoms with van der Waals surface area (Å²) in [6.45, 7) is 11.6. The smallest absolute Gasteiger partial charge is 0.129 e. The summed E-state index contributed by atoms with van der Waals surface area (Å²) in [5.74, 6) is 0.635. The number of benzene rings is 1. The lowest BCUT2D eigenvalue weighted by molar-refractivity contribution is -0.116. The Morgan fingerprint density at radius 2 is 1.65 bits per heavy atom. The van der Waals surface area contributed by atoms with Crippen LogP contribution in [0, 0.1) is 0 Å². The molecule has 2 nitrogen and oxygen atoms in total. The van der Waals surface area contributed by atoms with E-state index in [9.17, 15) is 4.79 Å². The van der Waals surface area contributed by atoms with Gasteiger partial charge in [0.05, 0.1) is 0 Å². The summed E-state index contributed by atoms with van der Waals surface area (Å²) in [5.41, 5.74) is 8.19. The van der Waals surface area contributed by atoms with Crippen LogP contribution in [0.15, 0.2) is 42.1 Å². The van der Waals surface area contributed by atoms with E-state index in [1.807, 2.05) is 39.8 Å². The van der Waals surface area contributed by atoms with Crippen LogP contribution in [0.25, 0.3) is 0 Å². The number of carbonyl (C=O) groups excluding carboxylic acids is 1. The fourth-order valence-electron chi connectivity index (χ4n) is 1.55. The first kappa shape index (κ1) is 20.7. The summed E-state index contributed by atoms with van der Waals surface area (Å²) >= 11 is 0. The zero-order chi connectivity index (χ0) is 16.0. The molecule has 0 saturated carbocycles. The lowest BCUT2D eigenvalue weighted by Crippen LogP contribution is -2.08. The van der Waals surface area contributed by atoms with Crippen molar-refractivity contribution in [2.75, 3.05) is 0 Å². The second-order valence-corrected chi connectivity index (χ2v) is 4.22. The minimum absolute atomic E-state index is 0.255. The summed E-state index contributed by atoms with van der Waals surface area (Å²) in [6, 6.07) is 10.4. The van der Waals surface area contributed by atoms with E-state index in [1.165, 1.54) is 5.56 Å². The summed E-state index contributed by atoms with van der Waals surface area (Å²) < 4.78 is 0. The molecule has 0 unspecified atom stereocenters. The number of allylic oxidation sites excluding steroid dienone is 2. The minimum atomic E-state index is 0.255. The number of ketones is 1. The van der Waals surface area contributed by atoms with Gasteiger partial charge >= 0.3 is 0 Å². The molecule has 114 valence electrons. The summed E-state index contributed by atoms with van der Waals surface area (Å²) in [4.78, 5) is 9.81. The first-order valence-electron chi connectivity index (χ1n) is 7.52. The van der Waals surface area contributed by atoms with Gasteiger partial charge < -0.3 is 10.5 Å². The zero-order valence-electron chi connectivity index (χ0n) is 13.9. The van der Waals surface area contributed by atoms with E-state index >= 15 is 0 Å². The molecule has 1 aromatic rings. The minimum Gasteiger partial charge on any atom is -0.402 e. The highest BCUT2D eigenvalue weighted by atomic mass is 16.1. The predicted molar refractivity (Wildman–Crippen MR) is 89.7 cm³/mol. The summed E-state index contributed by atoms with van der Waals surface area (Å²) in [5, 5.41) is 0. The molecule has 0 spiro atoms. The maximum Gasteiger partial charge on any atom is 0.129 e. The Morgan fingerprint density at radius 1 is 1.20 bits per heavy atom. The predicted octanol–water partition coefficient (Wildman–Crippen LogP) is 5.05. The number of hydrogen-bond donors (Lipinski definition) is 1. The topological polar surface area (TPSA) is 43.1 Å². The van der Waals surface area contributed by atoms with Gasteiger partial charge in [0.1, 0.15) is 5.78 Å². The second-order valence-electron chi connectivity index (χ2n) is 4.22. The Balaban J connectivity index is 0. The zero-order valence-corrected chi connectivity index (χ0v) is 13.9. The van der Waals surface area contributed by atoms with E-state index in [2.05, 4.69) is 31.2 Å². The Bertz CT molecular complexity index is 368. The van der Waals surface area contributed by atoms with Gasteiger partial charge in [0.15, 0.2) is 0 Å². The van der Waals surface area contributed by atoms with Crippen molar-refractivity contribution >= 4 is 5.78 Å². The van der Waals surface area contributed by atoms with Crippen molar-refractivity contribution in [3.05, 3.63) is 47.7 Å². The van der Waals surface area contributed by atoms with Crippen LogP contribution in [-0.2, 0) is 4.79 Å². The fraction of sp³-hybridized carbons (Fsp3) is 0.500. The number of nitrogens with two attached hydrogens (primary N) is 1. The molecule has 1 atom stereocenters. The highest BCUT2D eigenvalue weighted by Crippen LogP contribution is 2.23. The van der Waals surface area contributed by atoms with E-state index in [1.54, 1.807) is 6.92 Å². The van der Waals surface area contributed by atoms with Gasteiger partial charge in [-0.05, 0) is 25.8 Å². The number of hydrogen-bond acceptors (Lipinski definition) is 2. The quantitative estimate of drug-likeness (QED) is 0.836. The third kappa shape index (κ3) is 9.37. The largest absolute Gasteiger partial charge is 0.402 e. The van der Waals surface area contributed by atoms with E-state index < -0.39 is 0 Å². The third-order valence-corrected chi connectivity index (χ3v) is 2.84. The molecule has 0 amide bonds. The van der Waals surface area contributed by atoms with Crippen molar-refractivity contribution in [2.24, 2.45) is 5.73 Å². The molecule has 1 rings (SSSR count). The van der Waals surface area contributed by atoms with Crippen molar-refractivity contribution < 1.29 is 4.79 Å². The van der Waals surface area contributed by atoms with Gasteiger partial charge in [0, 0.05) is 18.0 Å². The molecule has 0 aliphatic rings. The van der Waals surface area contributed by atoms with E-state index in [4.69, 9.17) is 5.73 Å². The van der Waals surface area contributed by atoms with Crippen LogP contribution in [0.3, 0.4) is 0 Å². The molecule has 20 heavy (non-hydrogen) atoms. The number of Topliss-reactive ketones (excluding diaryl/α,β-unsaturated/α-hetero) is 1. The van der Waals surface area contributed by atoms with Gasteiger partial charge in [-0.3, -0.25) is 0 Å². The number of rotatable bonds is 4. The molecule has 0 saturated heterocycles. The standard InChI is InChI=1S/C12H17N.C4H8O.C2H6/c1-3-11(12(13)4-2)10-8-6-5-7-9-10;1-3-4(2)5;1-2/h4-9,11H,3,13H2,1-2H3;3H2,1-2H3;1-2H3/b12-4-;;/t11-;;/m0../s1. The van der Waals surface area contributed by atoms with Crippen molar-refractivity contribution in [1.82, 2.24) is 0 Å². The summed E-state index contributed by atoms with van der Waals surface area (Å²) in [7, 11) is 0. The normalized spacial score (nSPS) is 11.4. The van der Waals surface area contributed by atoms with Gasteiger partial charge in [-0.1, -0.05) is 64.1 Å². The van der Waals surface area contributed by atoms with Gasteiger partial charge in [-0.2, -0.15) is 0 Å². The SMILES string of the molecule is C/C=C(\N)[C@@H](CC)c1ccccc1.CC.CCC(C)=O. The van der Waals surface area contributed by atoms with Gasteiger partial charge in [-0.15, -0.1) is 0 Å². The van der Waals surface area contributed by atoms with Gasteiger partial charge in [-0.25, -0.2) is 0 Å². The van der Waals surface area contributed by atoms with E-state index in [0.29, 0.717) is 12.3 Å². The highest BCUT2D eigenvalue weighted by Gasteiger charge is 2.09. The molecular weight excluding hydrogens is 246 g/mol. The van der Waals surface area contributed by atoms with Crippen LogP contribution in [0.2, 0.25) is 0 Å². The van der Waals surface area contributed by atoms with Crippen LogP contribution >= 0.6 is 0 Å². The first-order chi connectivity index (χ1) is 9.56. The van der Waals surface area contributed by atoms with Crippen LogP contribution in [0.4, 0.5) is 0 Å². The Kier molecular flexibility index (Phi) is 14.4. The Hall–Kier alpha value is -1.57. The molecule has 0 heterocycles. The molecule has 0 aromatic heterocycles. The maximum absolute atomic E-state index is 9.81. The van der Waals surface area contributed by atoms with E-state index in [0.717, 1.165) is 12.1 Å². The van der Waals surface area contributed by atoms with Crippen LogP contribution in [0.1, 0.15) is 65.9 Å². The molecule has 2 N–H and O–H groups in total. The fourth-order valence-corrected chi connectivity index (χ4v) is 1.55. The van der Waals surface area contributed by atoms with Crippen molar-refractivity contribution in [3.8, 4) is 0 Å². The van der Waals surface area contributed by atoms with Crippen molar-refractivity contribution in [3.63, 3.8) is 0 Å². The maximum atomic E-state index is 9.81. The number of carbonyl (C=O) groups is 1. The molecule has 0 bridgehead atoms. The Morgan fingerprint density at radius 3 is 1.95 bits per heavy atom. The second kappa shape index (κ2) is 13.9. The van der Waals surface area contributed by atoms with Crippen LogP contribution in [0.5, 0.6) is 0 Å². The molecule has 2 heteroatoms. The van der Waals surface area contributed by atoms with Crippen LogP contribution in [-0.4, -0.2) is 5.78 Å². The molecule has 0 fully saturated rings. The van der Waals surface area contributed by atoms with Crippen LogP contribution < -0.4 is 5.73 Å². The average molecular weight is 277 g/mol. The third-order valence-electron chi connectivity index (χ3n) is 2.84. The Labute approximate surface area is 125 Å². The molecule has 1 aromatic carbocycles. The van der Waals surface area contributed by atoms with Crippen molar-refractivity contribution in [2.45, 2.75) is 60.3 Å². The average Bonchev–Trinajstić information content (AvgIpc) is 2.51. The monoisotopic (exact) mass is 277 g/mol. The summed E-state index contributed by atoms with van der Waals surface area (Å²) in [6.07, 6.45) is 3.71. The van der Waals surface area contributed by atoms with Gasteiger partial charge in [0.25, 0.3) is 0 Å². The molecular formula is C18H31NO. The lowest BCUT2D eigenvalue weighted by Gasteiger charge is -2.15. The molecule has 0 aliphatic carbocycles. The van der Waals surface area contributed by atoms with E-state index in [-0.39, 0.29) is 5.78 Å².